The van der Waals surface area contributed by atoms with E-state index in [2.05, 4.69) is 15.0 Å². The van der Waals surface area contributed by atoms with Gasteiger partial charge in [-0.2, -0.15) is 19.3 Å². The topological polar surface area (TPSA) is 105 Å². The molecule has 0 amide bonds. The van der Waals surface area contributed by atoms with Crippen LogP contribution in [0.15, 0.2) is 21.7 Å². The standard InChI is InChI=1S/C11H16N6O2S2/c1-16(2)11-14-8(13-10(12)15-11)7-17(3)21(18,19)9-5-4-6-20-9/h4-6H,7H2,1-3H3,(H2,12,13,14,15). The number of nitrogen functional groups attached to an aromatic ring is 1. The molecule has 0 aliphatic heterocycles. The normalized spacial score (nSPS) is 11.8. The number of thiophene rings is 1. The summed E-state index contributed by atoms with van der Waals surface area (Å²) in [6.07, 6.45) is 0. The Morgan fingerprint density at radius 1 is 1.24 bits per heavy atom. The molecule has 21 heavy (non-hydrogen) atoms. The molecule has 2 N–H and O–H groups in total. The summed E-state index contributed by atoms with van der Waals surface area (Å²) in [5.74, 6) is 0.749. The summed E-state index contributed by atoms with van der Waals surface area (Å²) in [5.41, 5.74) is 5.62. The van der Waals surface area contributed by atoms with Crippen LogP contribution in [0.3, 0.4) is 0 Å². The van der Waals surface area contributed by atoms with Gasteiger partial charge in [0.15, 0.2) is 5.82 Å². The summed E-state index contributed by atoms with van der Waals surface area (Å²) < 4.78 is 26.1. The second-order valence-electron chi connectivity index (χ2n) is 4.50. The third kappa shape index (κ3) is 3.46. The predicted octanol–water partition coefficient (Wildman–Crippen LogP) is 0.402. The van der Waals surface area contributed by atoms with E-state index < -0.39 is 10.0 Å². The summed E-state index contributed by atoms with van der Waals surface area (Å²) in [5, 5.41) is 1.71. The molecule has 0 fully saturated rings. The van der Waals surface area contributed by atoms with E-state index in [0.717, 1.165) is 11.3 Å². The molecule has 0 bridgehead atoms. The number of aromatic nitrogens is 3. The molecule has 0 atom stereocenters. The van der Waals surface area contributed by atoms with Crippen LogP contribution in [0.1, 0.15) is 5.82 Å². The summed E-state index contributed by atoms with van der Waals surface area (Å²) in [7, 11) is 1.47. The van der Waals surface area contributed by atoms with Crippen LogP contribution in [-0.4, -0.2) is 48.8 Å². The van der Waals surface area contributed by atoms with Crippen LogP contribution in [0.5, 0.6) is 0 Å². The van der Waals surface area contributed by atoms with Gasteiger partial charge in [0, 0.05) is 21.1 Å². The SMILES string of the molecule is CN(C)c1nc(N)nc(CN(C)S(=O)(=O)c2cccs2)n1. The molecule has 0 saturated heterocycles. The molecular weight excluding hydrogens is 312 g/mol. The summed E-state index contributed by atoms with van der Waals surface area (Å²) in [4.78, 5) is 13.8. The first-order chi connectivity index (χ1) is 9.80. The Kier molecular flexibility index (Phi) is 4.40. The fourth-order valence-corrected chi connectivity index (χ4v) is 3.87. The fraction of sp³-hybridized carbons (Fsp3) is 0.364. The molecule has 2 aromatic heterocycles. The summed E-state index contributed by atoms with van der Waals surface area (Å²) in [6.45, 7) is 0.0216. The Balaban J connectivity index is 2.26. The van der Waals surface area contributed by atoms with E-state index in [4.69, 9.17) is 5.73 Å². The highest BCUT2D eigenvalue weighted by Crippen LogP contribution is 2.21. The molecule has 0 aliphatic carbocycles. The lowest BCUT2D eigenvalue weighted by Crippen LogP contribution is -2.27. The van der Waals surface area contributed by atoms with Gasteiger partial charge in [-0.15, -0.1) is 11.3 Å². The maximum Gasteiger partial charge on any atom is 0.252 e. The lowest BCUT2D eigenvalue weighted by Gasteiger charge is -2.16. The quantitative estimate of drug-likeness (QED) is 0.847. The van der Waals surface area contributed by atoms with Crippen LogP contribution in [0.25, 0.3) is 0 Å². The molecule has 0 aromatic carbocycles. The number of rotatable bonds is 5. The Morgan fingerprint density at radius 3 is 2.52 bits per heavy atom. The highest BCUT2D eigenvalue weighted by atomic mass is 32.2. The Morgan fingerprint density at radius 2 is 1.95 bits per heavy atom. The third-order valence-corrected chi connectivity index (χ3v) is 5.79. The average Bonchev–Trinajstić information content (AvgIpc) is 2.92. The van der Waals surface area contributed by atoms with Crippen LogP contribution in [0.2, 0.25) is 0 Å². The van der Waals surface area contributed by atoms with E-state index in [1.54, 1.807) is 36.5 Å². The van der Waals surface area contributed by atoms with E-state index in [9.17, 15) is 8.42 Å². The van der Waals surface area contributed by atoms with Gasteiger partial charge in [-0.3, -0.25) is 0 Å². The van der Waals surface area contributed by atoms with Gasteiger partial charge in [0.25, 0.3) is 10.0 Å². The molecular formula is C11H16N6O2S2. The van der Waals surface area contributed by atoms with Crippen LogP contribution in [0, 0.1) is 0 Å². The van der Waals surface area contributed by atoms with Gasteiger partial charge < -0.3 is 10.6 Å². The van der Waals surface area contributed by atoms with Crippen molar-refractivity contribution in [2.45, 2.75) is 10.8 Å². The zero-order valence-electron chi connectivity index (χ0n) is 11.9. The van der Waals surface area contributed by atoms with Crippen LogP contribution >= 0.6 is 11.3 Å². The lowest BCUT2D eigenvalue weighted by atomic mass is 10.6. The monoisotopic (exact) mass is 328 g/mol. The molecule has 0 spiro atoms. The van der Waals surface area contributed by atoms with Gasteiger partial charge in [-0.05, 0) is 11.4 Å². The van der Waals surface area contributed by atoms with Crippen molar-refractivity contribution in [2.75, 3.05) is 31.8 Å². The summed E-state index contributed by atoms with van der Waals surface area (Å²) >= 11 is 1.16. The minimum absolute atomic E-state index is 0.0216. The molecule has 0 aliphatic rings. The Bertz CT molecular complexity index is 714. The molecule has 2 rings (SSSR count). The van der Waals surface area contributed by atoms with Crippen molar-refractivity contribution in [2.24, 2.45) is 0 Å². The number of anilines is 2. The Labute approximate surface area is 127 Å². The maximum absolute atomic E-state index is 12.3. The third-order valence-electron chi connectivity index (χ3n) is 2.61. The van der Waals surface area contributed by atoms with Crippen molar-refractivity contribution >= 4 is 33.3 Å². The van der Waals surface area contributed by atoms with Crippen LogP contribution < -0.4 is 10.6 Å². The Hall–Kier alpha value is -1.78. The minimum atomic E-state index is -3.54. The molecule has 10 heteroatoms. The molecule has 0 saturated carbocycles. The van der Waals surface area contributed by atoms with Crippen molar-refractivity contribution in [3.63, 3.8) is 0 Å². The molecule has 8 nitrogen and oxygen atoms in total. The molecule has 2 aromatic rings. The van der Waals surface area contributed by atoms with E-state index in [-0.39, 0.29) is 16.7 Å². The lowest BCUT2D eigenvalue weighted by molar-refractivity contribution is 0.458. The second-order valence-corrected chi connectivity index (χ2v) is 7.72. The molecule has 0 unspecified atom stereocenters. The first kappa shape index (κ1) is 15.6. The zero-order chi connectivity index (χ0) is 15.6. The van der Waals surface area contributed by atoms with Crippen molar-refractivity contribution in [3.05, 3.63) is 23.3 Å². The van der Waals surface area contributed by atoms with E-state index >= 15 is 0 Å². The summed E-state index contributed by atoms with van der Waals surface area (Å²) in [6, 6.07) is 3.25. The largest absolute Gasteiger partial charge is 0.368 e. The van der Waals surface area contributed by atoms with Crippen molar-refractivity contribution in [3.8, 4) is 0 Å². The van der Waals surface area contributed by atoms with Gasteiger partial charge >= 0.3 is 0 Å². The number of hydrogen-bond donors (Lipinski definition) is 1. The molecule has 0 radical (unpaired) electrons. The zero-order valence-corrected chi connectivity index (χ0v) is 13.5. The maximum atomic E-state index is 12.3. The molecule has 114 valence electrons. The number of hydrogen-bond acceptors (Lipinski definition) is 8. The van der Waals surface area contributed by atoms with E-state index in [0.29, 0.717) is 11.8 Å². The predicted molar refractivity (Wildman–Crippen MR) is 81.5 cm³/mol. The van der Waals surface area contributed by atoms with Gasteiger partial charge in [-0.1, -0.05) is 6.07 Å². The number of nitrogens with two attached hydrogens (primary N) is 1. The first-order valence-electron chi connectivity index (χ1n) is 5.98. The van der Waals surface area contributed by atoms with Crippen molar-refractivity contribution in [1.82, 2.24) is 19.3 Å². The smallest absolute Gasteiger partial charge is 0.252 e. The van der Waals surface area contributed by atoms with E-state index in [1.807, 2.05) is 0 Å². The van der Waals surface area contributed by atoms with Gasteiger partial charge in [0.2, 0.25) is 11.9 Å². The van der Waals surface area contributed by atoms with Crippen LogP contribution in [-0.2, 0) is 16.6 Å². The number of sulfonamides is 1. The van der Waals surface area contributed by atoms with Gasteiger partial charge in [0.05, 0.1) is 6.54 Å². The number of nitrogens with zero attached hydrogens (tertiary/aromatic N) is 5. The average molecular weight is 328 g/mol. The highest BCUT2D eigenvalue weighted by Gasteiger charge is 2.23. The van der Waals surface area contributed by atoms with Crippen molar-refractivity contribution < 1.29 is 8.42 Å². The van der Waals surface area contributed by atoms with Gasteiger partial charge in [0.1, 0.15) is 4.21 Å². The fourth-order valence-electron chi connectivity index (χ4n) is 1.54. The minimum Gasteiger partial charge on any atom is -0.368 e. The van der Waals surface area contributed by atoms with Crippen LogP contribution in [0.4, 0.5) is 11.9 Å². The van der Waals surface area contributed by atoms with Gasteiger partial charge in [-0.25, -0.2) is 8.42 Å². The van der Waals surface area contributed by atoms with E-state index in [1.165, 1.54) is 11.4 Å². The highest BCUT2D eigenvalue weighted by molar-refractivity contribution is 7.91. The second kappa shape index (κ2) is 5.92. The molecule has 2 heterocycles. The first-order valence-corrected chi connectivity index (χ1v) is 8.30. The van der Waals surface area contributed by atoms with Crippen molar-refractivity contribution in [1.29, 1.82) is 0 Å².